The summed E-state index contributed by atoms with van der Waals surface area (Å²) in [6.07, 6.45) is 0. The smallest absolute Gasteiger partial charge is 0.378 e. The van der Waals surface area contributed by atoms with Gasteiger partial charge < -0.3 is 19.4 Å². The van der Waals surface area contributed by atoms with Crippen molar-refractivity contribution in [2.75, 3.05) is 19.8 Å². The molecule has 17 heavy (non-hydrogen) atoms. The van der Waals surface area contributed by atoms with Crippen molar-refractivity contribution in [2.24, 2.45) is 5.41 Å². The molecule has 3 N–H and O–H groups in total. The third kappa shape index (κ3) is 12.5. The SMILES string of the molecule is CC(C)(C)COCCOP(=O)(O)OP(=O)(O)O. The Labute approximate surface area is 99.8 Å². The van der Waals surface area contributed by atoms with Crippen molar-refractivity contribution < 1.29 is 37.4 Å². The molecule has 8 nitrogen and oxygen atoms in total. The Morgan fingerprint density at radius 2 is 1.59 bits per heavy atom. The molecule has 0 aliphatic carbocycles. The molecule has 0 aromatic carbocycles. The summed E-state index contributed by atoms with van der Waals surface area (Å²) in [5.74, 6) is 0. The maximum absolute atomic E-state index is 11.0. The van der Waals surface area contributed by atoms with Crippen LogP contribution in [0, 0.1) is 5.41 Å². The topological polar surface area (TPSA) is 123 Å². The Bertz CT molecular complexity index is 316. The molecule has 0 heterocycles. The zero-order valence-corrected chi connectivity index (χ0v) is 11.7. The molecule has 0 radical (unpaired) electrons. The van der Waals surface area contributed by atoms with Gasteiger partial charge >= 0.3 is 15.6 Å². The molecule has 0 aromatic heterocycles. The molecule has 0 bridgehead atoms. The van der Waals surface area contributed by atoms with Gasteiger partial charge in [0, 0.05) is 0 Å². The maximum atomic E-state index is 11.0. The summed E-state index contributed by atoms with van der Waals surface area (Å²) in [5.41, 5.74) is -0.0503. The third-order valence-electron chi connectivity index (χ3n) is 1.23. The minimum absolute atomic E-state index is 0.0202. The van der Waals surface area contributed by atoms with Crippen LogP contribution in [-0.2, 0) is 22.7 Å². The van der Waals surface area contributed by atoms with Crippen LogP contribution in [0.4, 0.5) is 0 Å². The van der Waals surface area contributed by atoms with Gasteiger partial charge in [-0.25, -0.2) is 9.13 Å². The van der Waals surface area contributed by atoms with Gasteiger partial charge in [0.25, 0.3) is 0 Å². The van der Waals surface area contributed by atoms with Gasteiger partial charge in [-0.2, -0.15) is 4.31 Å². The molecule has 0 aromatic rings. The average molecular weight is 292 g/mol. The highest BCUT2D eigenvalue weighted by Crippen LogP contribution is 2.57. The fourth-order valence-electron chi connectivity index (χ4n) is 0.748. The van der Waals surface area contributed by atoms with Crippen molar-refractivity contribution >= 4 is 15.6 Å². The Kier molecular flexibility index (Phi) is 6.49. The van der Waals surface area contributed by atoms with E-state index in [1.165, 1.54) is 0 Å². The summed E-state index contributed by atoms with van der Waals surface area (Å²) < 4.78 is 34.2. The van der Waals surface area contributed by atoms with Crippen LogP contribution in [0.5, 0.6) is 0 Å². The first kappa shape index (κ1) is 17.2. The number of ether oxygens (including phenoxy) is 1. The molecule has 1 atom stereocenters. The quantitative estimate of drug-likeness (QED) is 0.473. The van der Waals surface area contributed by atoms with Gasteiger partial charge in [0.05, 0.1) is 19.8 Å². The molecule has 0 aliphatic rings. The fourth-order valence-corrected chi connectivity index (χ4v) is 2.32. The van der Waals surface area contributed by atoms with E-state index >= 15 is 0 Å². The Morgan fingerprint density at radius 3 is 2.00 bits per heavy atom. The van der Waals surface area contributed by atoms with Crippen LogP contribution in [-0.4, -0.2) is 34.5 Å². The molecule has 0 saturated carbocycles. The third-order valence-corrected chi connectivity index (χ3v) is 3.41. The van der Waals surface area contributed by atoms with Crippen molar-refractivity contribution in [3.05, 3.63) is 0 Å². The molecule has 0 spiro atoms. The van der Waals surface area contributed by atoms with Crippen LogP contribution < -0.4 is 0 Å². The molecular weight excluding hydrogens is 274 g/mol. The van der Waals surface area contributed by atoms with Gasteiger partial charge in [0.15, 0.2) is 0 Å². The van der Waals surface area contributed by atoms with Crippen LogP contribution in [0.3, 0.4) is 0 Å². The van der Waals surface area contributed by atoms with E-state index in [2.05, 4.69) is 8.83 Å². The second-order valence-corrected chi connectivity index (χ2v) is 7.32. The molecule has 0 saturated heterocycles. The lowest BCUT2D eigenvalue weighted by Gasteiger charge is -2.18. The number of hydrogen-bond acceptors (Lipinski definition) is 5. The monoisotopic (exact) mass is 292 g/mol. The van der Waals surface area contributed by atoms with Crippen LogP contribution in [0.25, 0.3) is 0 Å². The van der Waals surface area contributed by atoms with E-state index in [1.54, 1.807) is 0 Å². The van der Waals surface area contributed by atoms with E-state index in [9.17, 15) is 9.13 Å². The minimum atomic E-state index is -5.05. The van der Waals surface area contributed by atoms with Crippen molar-refractivity contribution in [3.63, 3.8) is 0 Å². The molecular formula is C7H18O8P2. The maximum Gasteiger partial charge on any atom is 0.481 e. The van der Waals surface area contributed by atoms with Crippen LogP contribution in [0.15, 0.2) is 0 Å². The lowest BCUT2D eigenvalue weighted by atomic mass is 9.99. The van der Waals surface area contributed by atoms with Crippen LogP contribution in [0.2, 0.25) is 0 Å². The highest BCUT2D eigenvalue weighted by atomic mass is 31.3. The number of phosphoric acid groups is 2. The van der Waals surface area contributed by atoms with Gasteiger partial charge in [-0.1, -0.05) is 20.8 Å². The average Bonchev–Trinajstić information content (AvgIpc) is 1.95. The Morgan fingerprint density at radius 1 is 1.06 bits per heavy atom. The molecule has 1 unspecified atom stereocenters. The zero-order chi connectivity index (χ0) is 13.7. The number of phosphoric ester groups is 1. The number of rotatable bonds is 7. The van der Waals surface area contributed by atoms with E-state index in [0.717, 1.165) is 0 Å². The predicted molar refractivity (Wildman–Crippen MR) is 59.2 cm³/mol. The second-order valence-electron chi connectivity index (χ2n) is 4.49. The highest BCUT2D eigenvalue weighted by Gasteiger charge is 2.32. The van der Waals surface area contributed by atoms with Gasteiger partial charge in [0.2, 0.25) is 0 Å². The lowest BCUT2D eigenvalue weighted by Crippen LogP contribution is -2.16. The predicted octanol–water partition coefficient (Wildman–Crippen LogP) is 1.28. The van der Waals surface area contributed by atoms with Gasteiger partial charge in [-0.15, -0.1) is 0 Å². The summed E-state index contributed by atoms with van der Waals surface area (Å²) >= 11 is 0. The second kappa shape index (κ2) is 6.41. The van der Waals surface area contributed by atoms with Gasteiger partial charge in [-0.05, 0) is 5.41 Å². The highest BCUT2D eigenvalue weighted by molar-refractivity contribution is 7.60. The first-order chi connectivity index (χ1) is 7.41. The van der Waals surface area contributed by atoms with Crippen molar-refractivity contribution in [2.45, 2.75) is 20.8 Å². The van der Waals surface area contributed by atoms with E-state index in [0.29, 0.717) is 6.61 Å². The molecule has 10 heteroatoms. The van der Waals surface area contributed by atoms with E-state index < -0.39 is 15.6 Å². The molecule has 0 amide bonds. The van der Waals surface area contributed by atoms with Gasteiger partial charge in [0.1, 0.15) is 0 Å². The van der Waals surface area contributed by atoms with Crippen molar-refractivity contribution in [3.8, 4) is 0 Å². The molecule has 104 valence electrons. The minimum Gasteiger partial charge on any atom is -0.378 e. The van der Waals surface area contributed by atoms with Crippen molar-refractivity contribution in [1.82, 2.24) is 0 Å². The lowest BCUT2D eigenvalue weighted by molar-refractivity contribution is 0.0442. The standard InChI is InChI=1S/C7H18O8P2/c1-7(2,3)6-13-4-5-14-17(11,12)15-16(8,9)10/h4-6H2,1-3H3,(H,11,12)(H2,8,9,10). The van der Waals surface area contributed by atoms with Crippen LogP contribution >= 0.6 is 15.6 Å². The first-order valence-corrected chi connectivity index (χ1v) is 7.76. The summed E-state index contributed by atoms with van der Waals surface area (Å²) in [7, 11) is -9.79. The summed E-state index contributed by atoms with van der Waals surface area (Å²) in [6, 6.07) is 0. The largest absolute Gasteiger partial charge is 0.481 e. The molecule has 0 aliphatic heterocycles. The number of hydrogen-bond donors (Lipinski definition) is 3. The van der Waals surface area contributed by atoms with E-state index in [4.69, 9.17) is 19.4 Å². The zero-order valence-electron chi connectivity index (χ0n) is 9.90. The van der Waals surface area contributed by atoms with Crippen LogP contribution in [0.1, 0.15) is 20.8 Å². The molecule has 0 rings (SSSR count). The van der Waals surface area contributed by atoms with Crippen molar-refractivity contribution in [1.29, 1.82) is 0 Å². The first-order valence-electron chi connectivity index (χ1n) is 4.73. The summed E-state index contributed by atoms with van der Waals surface area (Å²) in [4.78, 5) is 25.5. The Balaban J connectivity index is 3.82. The van der Waals surface area contributed by atoms with E-state index in [1.807, 2.05) is 20.8 Å². The fraction of sp³-hybridized carbons (Fsp3) is 1.00. The van der Waals surface area contributed by atoms with E-state index in [-0.39, 0.29) is 18.6 Å². The summed E-state index contributed by atoms with van der Waals surface area (Å²) in [6.45, 7) is 5.98. The Hall–Kier alpha value is 0.220. The van der Waals surface area contributed by atoms with Gasteiger partial charge in [-0.3, -0.25) is 4.52 Å². The normalized spacial score (nSPS) is 16.8. The molecule has 0 fully saturated rings. The summed E-state index contributed by atoms with van der Waals surface area (Å²) in [5, 5.41) is 0.